The first kappa shape index (κ1) is 15.8. The van der Waals surface area contributed by atoms with E-state index in [9.17, 15) is 19.7 Å². The van der Waals surface area contributed by atoms with Crippen LogP contribution in [0.5, 0.6) is 0 Å². The predicted molar refractivity (Wildman–Crippen MR) is 88.4 cm³/mol. The number of carbonyl (C=O) groups is 1. The lowest BCUT2D eigenvalue weighted by Gasteiger charge is -2.06. The number of rotatable bonds is 4. The molecule has 1 aromatic heterocycles. The summed E-state index contributed by atoms with van der Waals surface area (Å²) in [5, 5.41) is 11.8. The number of Topliss-reactive ketones (excluding diaryl/α,β-unsaturated/α-hetero) is 1. The molecule has 3 rings (SSSR count). The fourth-order valence-corrected chi connectivity index (χ4v) is 2.52. The Labute approximate surface area is 140 Å². The number of halogens is 1. The molecule has 0 bridgehead atoms. The van der Waals surface area contributed by atoms with Gasteiger partial charge in [0.25, 0.3) is 11.2 Å². The molecule has 1 heterocycles. The molecule has 0 N–H and O–H groups in total. The zero-order valence-corrected chi connectivity index (χ0v) is 12.9. The number of hydrogen-bond acceptors (Lipinski definition) is 5. The van der Waals surface area contributed by atoms with E-state index >= 15 is 0 Å². The summed E-state index contributed by atoms with van der Waals surface area (Å²) in [5.74, 6) is -0.542. The van der Waals surface area contributed by atoms with Gasteiger partial charge in [-0.25, -0.2) is 4.98 Å². The zero-order valence-electron chi connectivity index (χ0n) is 12.2. The molecular formula is C16H10ClN3O4. The Morgan fingerprint density at radius 2 is 2.00 bits per heavy atom. The third kappa shape index (κ3) is 2.89. The fraction of sp³-hybridized carbons (Fsp3) is 0.0625. The van der Waals surface area contributed by atoms with Crippen molar-refractivity contribution in [3.05, 3.63) is 79.8 Å². The van der Waals surface area contributed by atoms with Crippen molar-refractivity contribution in [2.24, 2.45) is 0 Å². The van der Waals surface area contributed by atoms with Crippen LogP contribution < -0.4 is 5.56 Å². The maximum atomic E-state index is 12.4. The molecule has 24 heavy (non-hydrogen) atoms. The Kier molecular flexibility index (Phi) is 4.09. The summed E-state index contributed by atoms with van der Waals surface area (Å²) in [7, 11) is 0. The van der Waals surface area contributed by atoms with Gasteiger partial charge in [0.15, 0.2) is 5.78 Å². The summed E-state index contributed by atoms with van der Waals surface area (Å²) in [6, 6.07) is 10.2. The van der Waals surface area contributed by atoms with Gasteiger partial charge >= 0.3 is 0 Å². The highest BCUT2D eigenvalue weighted by molar-refractivity contribution is 6.31. The number of hydrogen-bond donors (Lipinski definition) is 0. The SMILES string of the molecule is O=C(Cn1cnc2cc(Cl)ccc2c1=O)c1ccccc1[N+](=O)[O-]. The van der Waals surface area contributed by atoms with E-state index in [2.05, 4.69) is 4.98 Å². The molecule has 0 amide bonds. The second kappa shape index (κ2) is 6.21. The van der Waals surface area contributed by atoms with Crippen LogP contribution in [0.1, 0.15) is 10.4 Å². The average molecular weight is 344 g/mol. The molecule has 0 saturated heterocycles. The highest BCUT2D eigenvalue weighted by Gasteiger charge is 2.20. The smallest absolute Gasteiger partial charge is 0.280 e. The summed E-state index contributed by atoms with van der Waals surface area (Å²) in [6.07, 6.45) is 1.23. The minimum atomic E-state index is -0.628. The van der Waals surface area contributed by atoms with Crippen LogP contribution in [0.15, 0.2) is 53.6 Å². The third-order valence-electron chi connectivity index (χ3n) is 3.50. The van der Waals surface area contributed by atoms with Gasteiger partial charge in [-0.3, -0.25) is 24.3 Å². The van der Waals surface area contributed by atoms with Crippen molar-refractivity contribution in [1.82, 2.24) is 9.55 Å². The Balaban J connectivity index is 2.00. The topological polar surface area (TPSA) is 95.1 Å². The van der Waals surface area contributed by atoms with E-state index in [0.717, 1.165) is 4.57 Å². The molecule has 0 atom stereocenters. The Bertz CT molecular complexity index is 1030. The summed E-state index contributed by atoms with van der Waals surface area (Å²) in [4.78, 5) is 39.3. The maximum Gasteiger partial charge on any atom is 0.280 e. The number of nitro groups is 1. The van der Waals surface area contributed by atoms with Crippen molar-refractivity contribution >= 4 is 34.0 Å². The molecule has 0 aliphatic rings. The van der Waals surface area contributed by atoms with E-state index in [1.165, 1.54) is 36.7 Å². The minimum absolute atomic E-state index is 0.0504. The quantitative estimate of drug-likeness (QED) is 0.412. The van der Waals surface area contributed by atoms with E-state index in [1.807, 2.05) is 0 Å². The number of fused-ring (bicyclic) bond motifs is 1. The van der Waals surface area contributed by atoms with Gasteiger partial charge in [0, 0.05) is 11.1 Å². The standard InChI is InChI=1S/C16H10ClN3O4/c17-10-5-6-11-13(7-10)18-9-19(16(11)22)8-15(21)12-3-1-2-4-14(12)20(23)24/h1-7,9H,8H2. The predicted octanol–water partition coefficient (Wildman–Crippen LogP) is 2.84. The van der Waals surface area contributed by atoms with Gasteiger partial charge in [-0.05, 0) is 24.3 Å². The first-order valence-corrected chi connectivity index (χ1v) is 7.26. The molecule has 2 aromatic carbocycles. The molecule has 3 aromatic rings. The molecule has 8 heteroatoms. The number of para-hydroxylation sites is 1. The van der Waals surface area contributed by atoms with Crippen LogP contribution in [-0.4, -0.2) is 20.3 Å². The molecule has 7 nitrogen and oxygen atoms in total. The van der Waals surface area contributed by atoms with E-state index in [4.69, 9.17) is 11.6 Å². The highest BCUT2D eigenvalue weighted by Crippen LogP contribution is 2.19. The monoisotopic (exact) mass is 343 g/mol. The van der Waals surface area contributed by atoms with Gasteiger partial charge in [0.2, 0.25) is 0 Å². The van der Waals surface area contributed by atoms with E-state index in [-0.39, 0.29) is 17.8 Å². The Morgan fingerprint density at radius 3 is 2.75 bits per heavy atom. The molecular weight excluding hydrogens is 334 g/mol. The van der Waals surface area contributed by atoms with Gasteiger partial charge in [0.1, 0.15) is 0 Å². The van der Waals surface area contributed by atoms with E-state index < -0.39 is 16.3 Å². The number of carbonyl (C=O) groups excluding carboxylic acids is 1. The van der Waals surface area contributed by atoms with Crippen LogP contribution in [0, 0.1) is 10.1 Å². The number of benzene rings is 2. The van der Waals surface area contributed by atoms with Crippen molar-refractivity contribution in [2.45, 2.75) is 6.54 Å². The molecule has 0 aliphatic carbocycles. The third-order valence-corrected chi connectivity index (χ3v) is 3.74. The number of aromatic nitrogens is 2. The molecule has 120 valence electrons. The van der Waals surface area contributed by atoms with Crippen molar-refractivity contribution in [3.8, 4) is 0 Å². The zero-order chi connectivity index (χ0) is 17.3. The lowest BCUT2D eigenvalue weighted by atomic mass is 10.1. The molecule has 0 fully saturated rings. The largest absolute Gasteiger partial charge is 0.292 e. The maximum absolute atomic E-state index is 12.4. The molecule has 0 aliphatic heterocycles. The van der Waals surface area contributed by atoms with Crippen LogP contribution in [0.25, 0.3) is 10.9 Å². The lowest BCUT2D eigenvalue weighted by molar-refractivity contribution is -0.385. The van der Waals surface area contributed by atoms with Crippen molar-refractivity contribution in [2.75, 3.05) is 0 Å². The van der Waals surface area contributed by atoms with Crippen molar-refractivity contribution in [3.63, 3.8) is 0 Å². The van der Waals surface area contributed by atoms with Crippen LogP contribution in [-0.2, 0) is 6.54 Å². The Hall–Kier alpha value is -3.06. The fourth-order valence-electron chi connectivity index (χ4n) is 2.35. The van der Waals surface area contributed by atoms with Gasteiger partial charge in [-0.2, -0.15) is 0 Å². The van der Waals surface area contributed by atoms with Crippen molar-refractivity contribution in [1.29, 1.82) is 0 Å². The number of nitro benzene ring substituents is 1. The normalized spacial score (nSPS) is 10.7. The van der Waals surface area contributed by atoms with E-state index in [0.29, 0.717) is 15.9 Å². The molecule has 0 saturated carbocycles. The average Bonchev–Trinajstić information content (AvgIpc) is 2.57. The number of nitrogens with zero attached hydrogens (tertiary/aromatic N) is 3. The van der Waals surface area contributed by atoms with Gasteiger partial charge in [0.05, 0.1) is 34.3 Å². The van der Waals surface area contributed by atoms with Crippen LogP contribution in [0.2, 0.25) is 5.02 Å². The van der Waals surface area contributed by atoms with E-state index in [1.54, 1.807) is 12.1 Å². The Morgan fingerprint density at radius 1 is 1.25 bits per heavy atom. The molecule has 0 radical (unpaired) electrons. The summed E-state index contributed by atoms with van der Waals surface area (Å²) in [5.41, 5.74) is -0.341. The first-order chi connectivity index (χ1) is 11.5. The molecule has 0 spiro atoms. The number of ketones is 1. The molecule has 0 unspecified atom stereocenters. The second-order valence-electron chi connectivity index (χ2n) is 5.04. The van der Waals surface area contributed by atoms with Crippen LogP contribution in [0.3, 0.4) is 0 Å². The highest BCUT2D eigenvalue weighted by atomic mass is 35.5. The van der Waals surface area contributed by atoms with Crippen LogP contribution >= 0.6 is 11.6 Å². The van der Waals surface area contributed by atoms with Gasteiger partial charge in [-0.1, -0.05) is 23.7 Å². The van der Waals surface area contributed by atoms with Crippen molar-refractivity contribution < 1.29 is 9.72 Å². The second-order valence-corrected chi connectivity index (χ2v) is 5.47. The summed E-state index contributed by atoms with van der Waals surface area (Å²) in [6.45, 7) is -0.338. The summed E-state index contributed by atoms with van der Waals surface area (Å²) < 4.78 is 1.12. The minimum Gasteiger partial charge on any atom is -0.292 e. The van der Waals surface area contributed by atoms with Crippen LogP contribution in [0.4, 0.5) is 5.69 Å². The van der Waals surface area contributed by atoms with Gasteiger partial charge < -0.3 is 0 Å². The lowest BCUT2D eigenvalue weighted by Crippen LogP contribution is -2.25. The first-order valence-electron chi connectivity index (χ1n) is 6.88. The van der Waals surface area contributed by atoms with Gasteiger partial charge in [-0.15, -0.1) is 0 Å². The summed E-state index contributed by atoms with van der Waals surface area (Å²) >= 11 is 5.86.